The van der Waals surface area contributed by atoms with E-state index in [2.05, 4.69) is 11.6 Å². The van der Waals surface area contributed by atoms with Gasteiger partial charge < -0.3 is 0 Å². The Morgan fingerprint density at radius 3 is 1.28 bits per heavy atom. The van der Waals surface area contributed by atoms with E-state index in [1.165, 1.54) is 0 Å². The first-order valence-corrected chi connectivity index (χ1v) is 5.61. The van der Waals surface area contributed by atoms with Crippen LogP contribution in [0.3, 0.4) is 0 Å². The minimum absolute atomic E-state index is 3.81. The van der Waals surface area contributed by atoms with Crippen molar-refractivity contribution < 1.29 is 65.9 Å². The van der Waals surface area contributed by atoms with E-state index in [9.17, 15) is 65.9 Å². The van der Waals surface area contributed by atoms with Gasteiger partial charge >= 0.3 is 29.9 Å². The number of halogens is 16. The molecule has 0 rings (SSSR count). The topological polar surface area (TPSA) is 0 Å². The molecule has 16 heteroatoms. The predicted molar refractivity (Wildman–Crippen MR) is 50.7 cm³/mol. The van der Waals surface area contributed by atoms with E-state index in [1.807, 2.05) is 0 Å². The van der Waals surface area contributed by atoms with Crippen LogP contribution in [0.1, 0.15) is 0 Å². The summed E-state index contributed by atoms with van der Waals surface area (Å²) in [5.74, 6) is -14.4. The van der Waals surface area contributed by atoms with Gasteiger partial charge in [-0.1, -0.05) is 11.6 Å². The van der Waals surface area contributed by atoms with Crippen molar-refractivity contribution in [2.45, 2.75) is 42.2 Å². The molecule has 0 aliphatic heterocycles. The first-order valence-electron chi connectivity index (χ1n) is 5.24. The quantitative estimate of drug-likeness (QED) is 0.462. The Bertz CT molecular complexity index is 512. The molecular weight excluding hydrogens is 429 g/mol. The second-order valence-electron chi connectivity index (χ2n) is 4.29. The molecule has 0 aromatic carbocycles. The molecule has 0 N–H and O–H groups in total. The second kappa shape index (κ2) is 6.61. The van der Waals surface area contributed by atoms with Crippen LogP contribution in [0.15, 0.2) is 11.1 Å². The molecule has 3 unspecified atom stereocenters. The molecule has 3 atom stereocenters. The van der Waals surface area contributed by atoms with E-state index in [-0.39, 0.29) is 0 Å². The summed E-state index contributed by atoms with van der Waals surface area (Å²) in [5, 5.41) is -3.81. The molecule has 0 aromatic rings. The standard InChI is InChI=1S/C9H2ClF15/c10-1(2(11)12)6(17,9(23,24)25)7(18,19)3(13)5(15,16)4(14)8(20,21)22/h3-4H. The zero-order valence-electron chi connectivity index (χ0n) is 10.7. The molecular formula is C9H2ClF15. The van der Waals surface area contributed by atoms with E-state index < -0.39 is 53.3 Å². The summed E-state index contributed by atoms with van der Waals surface area (Å²) in [6, 6.07) is 0. The number of hydrogen-bond donors (Lipinski definition) is 0. The molecule has 0 nitrogen and oxygen atoms in total. The van der Waals surface area contributed by atoms with Gasteiger partial charge in [-0.25, -0.2) is 13.2 Å². The Kier molecular flexibility index (Phi) is 6.34. The third kappa shape index (κ3) is 3.89. The molecule has 0 spiro atoms. The summed E-state index contributed by atoms with van der Waals surface area (Å²) in [6.07, 6.45) is -30.1. The van der Waals surface area contributed by atoms with Gasteiger partial charge in [0.15, 0.2) is 0 Å². The summed E-state index contributed by atoms with van der Waals surface area (Å²) in [6.45, 7) is 0. The predicted octanol–water partition coefficient (Wildman–Crippen LogP) is 6.11. The van der Waals surface area contributed by atoms with E-state index in [1.54, 1.807) is 0 Å². The van der Waals surface area contributed by atoms with E-state index in [0.29, 0.717) is 0 Å². The molecule has 0 aliphatic rings. The van der Waals surface area contributed by atoms with Crippen molar-refractivity contribution in [1.29, 1.82) is 0 Å². The lowest BCUT2D eigenvalue weighted by Gasteiger charge is -2.38. The maximum absolute atomic E-state index is 13.5. The van der Waals surface area contributed by atoms with Crippen LogP contribution in [0.25, 0.3) is 0 Å². The molecule has 150 valence electrons. The molecule has 0 bridgehead atoms. The molecule has 0 aromatic heterocycles. The fourth-order valence-electron chi connectivity index (χ4n) is 1.35. The highest BCUT2D eigenvalue weighted by atomic mass is 35.5. The monoisotopic (exact) mass is 430 g/mol. The van der Waals surface area contributed by atoms with Crippen LogP contribution >= 0.6 is 11.6 Å². The van der Waals surface area contributed by atoms with Gasteiger partial charge in [0.25, 0.3) is 12.3 Å². The molecule has 0 saturated carbocycles. The van der Waals surface area contributed by atoms with Gasteiger partial charge in [-0.15, -0.1) is 0 Å². The van der Waals surface area contributed by atoms with Gasteiger partial charge in [0, 0.05) is 0 Å². The largest absolute Gasteiger partial charge is 0.434 e. The average Bonchev–Trinajstić information content (AvgIpc) is 2.40. The molecule has 25 heavy (non-hydrogen) atoms. The maximum Gasteiger partial charge on any atom is 0.434 e. The van der Waals surface area contributed by atoms with Crippen LogP contribution in [0.2, 0.25) is 0 Å². The Morgan fingerprint density at radius 2 is 1.04 bits per heavy atom. The minimum Gasteiger partial charge on any atom is -0.234 e. The van der Waals surface area contributed by atoms with Crippen molar-refractivity contribution in [3.05, 3.63) is 11.1 Å². The van der Waals surface area contributed by atoms with Crippen molar-refractivity contribution in [1.82, 2.24) is 0 Å². The first-order chi connectivity index (χ1) is 10.7. The van der Waals surface area contributed by atoms with Crippen molar-refractivity contribution in [3.63, 3.8) is 0 Å². The summed E-state index contributed by atoms with van der Waals surface area (Å²) in [5.41, 5.74) is -7.07. The van der Waals surface area contributed by atoms with Crippen LogP contribution in [0.5, 0.6) is 0 Å². The van der Waals surface area contributed by atoms with Gasteiger partial charge in [-0.05, 0) is 0 Å². The lowest BCUT2D eigenvalue weighted by molar-refractivity contribution is -0.334. The normalized spacial score (nSPS) is 19.2. The third-order valence-electron chi connectivity index (χ3n) is 2.60. The van der Waals surface area contributed by atoms with Crippen LogP contribution in [0, 0.1) is 0 Å². The van der Waals surface area contributed by atoms with Crippen LogP contribution < -0.4 is 0 Å². The smallest absolute Gasteiger partial charge is 0.234 e. The molecule has 0 heterocycles. The van der Waals surface area contributed by atoms with Crippen molar-refractivity contribution >= 4 is 11.6 Å². The lowest BCUT2D eigenvalue weighted by Crippen LogP contribution is -2.66. The Labute approximate surface area is 132 Å². The van der Waals surface area contributed by atoms with Crippen molar-refractivity contribution in [2.24, 2.45) is 0 Å². The van der Waals surface area contributed by atoms with Crippen LogP contribution in [-0.4, -0.2) is 42.2 Å². The zero-order valence-corrected chi connectivity index (χ0v) is 11.5. The van der Waals surface area contributed by atoms with Crippen molar-refractivity contribution in [3.8, 4) is 0 Å². The number of hydrogen-bond acceptors (Lipinski definition) is 0. The lowest BCUT2D eigenvalue weighted by atomic mass is 9.88. The second-order valence-corrected chi connectivity index (χ2v) is 4.67. The summed E-state index contributed by atoms with van der Waals surface area (Å²) < 4.78 is 188. The van der Waals surface area contributed by atoms with Gasteiger partial charge in [0.2, 0.25) is 6.17 Å². The highest BCUT2D eigenvalue weighted by Crippen LogP contribution is 2.57. The molecule has 0 saturated heterocycles. The van der Waals surface area contributed by atoms with Gasteiger partial charge in [0.1, 0.15) is 5.03 Å². The SMILES string of the molecule is FC(F)=C(Cl)C(F)(C(F)(F)F)C(F)(F)C(F)C(F)(F)C(F)C(F)(F)F. The highest BCUT2D eigenvalue weighted by Gasteiger charge is 2.81. The molecule has 0 aliphatic carbocycles. The van der Waals surface area contributed by atoms with Crippen molar-refractivity contribution in [2.75, 3.05) is 0 Å². The first kappa shape index (κ1) is 24.0. The Hall–Kier alpha value is -1.02. The number of rotatable bonds is 5. The number of alkyl halides is 13. The fraction of sp³-hybridized carbons (Fsp3) is 0.778. The van der Waals surface area contributed by atoms with E-state index in [4.69, 9.17) is 0 Å². The van der Waals surface area contributed by atoms with Crippen LogP contribution in [0.4, 0.5) is 65.9 Å². The maximum atomic E-state index is 13.5. The fourth-order valence-corrected chi connectivity index (χ4v) is 1.59. The third-order valence-corrected chi connectivity index (χ3v) is 3.00. The number of allylic oxidation sites excluding steroid dienone is 1. The molecule has 0 fully saturated rings. The Balaban J connectivity index is 6.46. The average molecular weight is 431 g/mol. The minimum atomic E-state index is -7.38. The summed E-state index contributed by atoms with van der Waals surface area (Å²) >= 11 is 3.98. The summed E-state index contributed by atoms with van der Waals surface area (Å²) in [4.78, 5) is 0. The highest BCUT2D eigenvalue weighted by molar-refractivity contribution is 6.31. The van der Waals surface area contributed by atoms with E-state index >= 15 is 0 Å². The van der Waals surface area contributed by atoms with E-state index in [0.717, 1.165) is 0 Å². The molecule has 0 radical (unpaired) electrons. The van der Waals surface area contributed by atoms with Gasteiger partial charge in [0.05, 0.1) is 0 Å². The van der Waals surface area contributed by atoms with Crippen LogP contribution in [-0.2, 0) is 0 Å². The zero-order chi connectivity index (χ0) is 20.8. The van der Waals surface area contributed by atoms with Gasteiger partial charge in [-0.3, -0.25) is 0 Å². The Morgan fingerprint density at radius 1 is 0.680 bits per heavy atom. The summed E-state index contributed by atoms with van der Waals surface area (Å²) in [7, 11) is 0. The van der Waals surface area contributed by atoms with Gasteiger partial charge in [-0.2, -0.15) is 52.7 Å². The molecule has 0 amide bonds.